The average Bonchev–Trinajstić information content (AvgIpc) is 3.08. The van der Waals surface area contributed by atoms with Gasteiger partial charge < -0.3 is 9.47 Å². The van der Waals surface area contributed by atoms with Gasteiger partial charge in [0.2, 0.25) is 5.91 Å². The van der Waals surface area contributed by atoms with Crippen LogP contribution in [0, 0.1) is 5.92 Å². The summed E-state index contributed by atoms with van der Waals surface area (Å²) in [5.41, 5.74) is 1.71. The fourth-order valence-corrected chi connectivity index (χ4v) is 4.55. The largest absolute Gasteiger partial charge is 0.416 e. The summed E-state index contributed by atoms with van der Waals surface area (Å²) in [4.78, 5) is 15.1. The molecule has 1 atom stereocenters. The summed E-state index contributed by atoms with van der Waals surface area (Å²) in [6, 6.07) is 13.2. The predicted molar refractivity (Wildman–Crippen MR) is 116 cm³/mol. The topological polar surface area (TPSA) is 25.2 Å². The van der Waals surface area contributed by atoms with Crippen LogP contribution in [0.25, 0.3) is 10.9 Å². The van der Waals surface area contributed by atoms with Crippen molar-refractivity contribution in [1.29, 1.82) is 0 Å². The molecule has 0 aliphatic carbocycles. The molecule has 1 aromatic heterocycles. The smallest absolute Gasteiger partial charge is 0.350 e. The van der Waals surface area contributed by atoms with Crippen molar-refractivity contribution >= 4 is 16.8 Å². The summed E-state index contributed by atoms with van der Waals surface area (Å²) in [5.74, 6) is 0.156. The molecule has 1 aliphatic rings. The Morgan fingerprint density at radius 3 is 2.52 bits per heavy atom. The molecule has 1 fully saturated rings. The maximum absolute atomic E-state index is 13.4. The van der Waals surface area contributed by atoms with Gasteiger partial charge in [-0.2, -0.15) is 13.2 Å². The summed E-state index contributed by atoms with van der Waals surface area (Å²) in [5, 5.41) is 0.965. The molecule has 1 saturated heterocycles. The number of alkyl halides is 3. The molecule has 4 rings (SSSR count). The Morgan fingerprint density at radius 2 is 1.81 bits per heavy atom. The van der Waals surface area contributed by atoms with Gasteiger partial charge in [-0.15, -0.1) is 0 Å². The van der Waals surface area contributed by atoms with Crippen LogP contribution >= 0.6 is 0 Å². The number of nitrogens with zero attached hydrogens (tertiary/aromatic N) is 2. The number of hydrogen-bond donors (Lipinski definition) is 0. The van der Waals surface area contributed by atoms with Gasteiger partial charge in [-0.25, -0.2) is 0 Å². The van der Waals surface area contributed by atoms with E-state index in [0.717, 1.165) is 35.4 Å². The molecule has 0 spiro atoms. The summed E-state index contributed by atoms with van der Waals surface area (Å²) in [7, 11) is 1.92. The molecule has 0 radical (unpaired) electrons. The molecule has 0 unspecified atom stereocenters. The molecule has 2 aromatic carbocycles. The lowest BCUT2D eigenvalue weighted by atomic mass is 9.86. The van der Waals surface area contributed by atoms with Crippen molar-refractivity contribution < 1.29 is 18.0 Å². The number of halogens is 3. The number of fused-ring (bicyclic) bond motifs is 1. The van der Waals surface area contributed by atoms with E-state index >= 15 is 0 Å². The van der Waals surface area contributed by atoms with Gasteiger partial charge in [-0.1, -0.05) is 43.3 Å². The fourth-order valence-electron chi connectivity index (χ4n) is 4.55. The van der Waals surface area contributed by atoms with Crippen molar-refractivity contribution in [2.45, 2.75) is 38.3 Å². The van der Waals surface area contributed by atoms with E-state index in [9.17, 15) is 18.0 Å². The Morgan fingerprint density at radius 1 is 1.10 bits per heavy atom. The SMILES string of the molecule is CC1CCN(C(=O)C[C@@H](c2cccc(C(F)(F)F)c2)c2cn(C)c3ccccc23)CC1. The van der Waals surface area contributed by atoms with Crippen molar-refractivity contribution in [3.63, 3.8) is 0 Å². The molecular weight excluding hydrogens is 401 g/mol. The van der Waals surface area contributed by atoms with Gasteiger partial charge in [-0.3, -0.25) is 4.79 Å². The minimum absolute atomic E-state index is 0.00208. The highest BCUT2D eigenvalue weighted by Crippen LogP contribution is 2.38. The van der Waals surface area contributed by atoms with Gasteiger partial charge in [0, 0.05) is 49.6 Å². The van der Waals surface area contributed by atoms with Crippen LogP contribution < -0.4 is 0 Å². The first-order valence-corrected chi connectivity index (χ1v) is 10.7. The molecule has 3 aromatic rings. The highest BCUT2D eigenvalue weighted by molar-refractivity contribution is 5.86. The molecule has 6 heteroatoms. The van der Waals surface area contributed by atoms with Crippen LogP contribution in [0.4, 0.5) is 13.2 Å². The number of carbonyl (C=O) groups is 1. The zero-order chi connectivity index (χ0) is 22.2. The summed E-state index contributed by atoms with van der Waals surface area (Å²) >= 11 is 0. The second-order valence-corrected chi connectivity index (χ2v) is 8.66. The Hall–Kier alpha value is -2.76. The number of carbonyl (C=O) groups excluding carboxylic acids is 1. The molecule has 2 heterocycles. The van der Waals surface area contributed by atoms with E-state index in [-0.39, 0.29) is 12.3 Å². The van der Waals surface area contributed by atoms with Gasteiger partial charge in [-0.05, 0) is 42.0 Å². The van der Waals surface area contributed by atoms with E-state index in [1.54, 1.807) is 6.07 Å². The first-order valence-electron chi connectivity index (χ1n) is 10.7. The number of para-hydroxylation sites is 1. The van der Waals surface area contributed by atoms with Crippen molar-refractivity contribution in [3.8, 4) is 0 Å². The van der Waals surface area contributed by atoms with Gasteiger partial charge in [0.05, 0.1) is 5.56 Å². The molecular formula is C25H27F3N2O. The number of aryl methyl sites for hydroxylation is 1. The lowest BCUT2D eigenvalue weighted by Gasteiger charge is -2.31. The van der Waals surface area contributed by atoms with Gasteiger partial charge in [0.15, 0.2) is 0 Å². The second-order valence-electron chi connectivity index (χ2n) is 8.66. The van der Waals surface area contributed by atoms with E-state index in [2.05, 4.69) is 6.92 Å². The monoisotopic (exact) mass is 428 g/mol. The predicted octanol–water partition coefficient (Wildman–Crippen LogP) is 5.98. The van der Waals surface area contributed by atoms with Crippen molar-refractivity contribution in [2.24, 2.45) is 13.0 Å². The molecule has 0 saturated carbocycles. The van der Waals surface area contributed by atoms with Crippen LogP contribution in [-0.4, -0.2) is 28.5 Å². The highest BCUT2D eigenvalue weighted by atomic mass is 19.4. The number of likely N-dealkylation sites (tertiary alicyclic amines) is 1. The molecule has 1 aliphatic heterocycles. The van der Waals surface area contributed by atoms with Crippen LogP contribution in [0.5, 0.6) is 0 Å². The van der Waals surface area contributed by atoms with Gasteiger partial charge >= 0.3 is 6.18 Å². The molecule has 0 N–H and O–H groups in total. The Balaban J connectivity index is 1.75. The zero-order valence-electron chi connectivity index (χ0n) is 17.8. The summed E-state index contributed by atoms with van der Waals surface area (Å²) in [6.07, 6.45) is -0.389. The lowest BCUT2D eigenvalue weighted by Crippen LogP contribution is -2.38. The van der Waals surface area contributed by atoms with E-state index < -0.39 is 17.7 Å². The standard InChI is InChI=1S/C25H27F3N2O/c1-17-10-12-30(13-11-17)24(31)15-21(18-6-5-7-19(14-18)25(26,27)28)22-16-29(2)23-9-4-3-8-20(22)23/h3-9,14,16-17,21H,10-13,15H2,1-2H3/t21-/m0/s1. The Labute approximate surface area is 180 Å². The number of rotatable bonds is 4. The van der Waals surface area contributed by atoms with E-state index in [1.165, 1.54) is 12.1 Å². The minimum atomic E-state index is -4.42. The van der Waals surface area contributed by atoms with Gasteiger partial charge in [0.25, 0.3) is 0 Å². The normalized spacial score (nSPS) is 16.6. The van der Waals surface area contributed by atoms with E-state index in [0.29, 0.717) is 24.6 Å². The highest BCUT2D eigenvalue weighted by Gasteiger charge is 2.32. The number of hydrogen-bond acceptors (Lipinski definition) is 1. The van der Waals surface area contributed by atoms with Crippen LogP contribution in [0.2, 0.25) is 0 Å². The van der Waals surface area contributed by atoms with Crippen LogP contribution in [0.15, 0.2) is 54.7 Å². The summed E-state index contributed by atoms with van der Waals surface area (Å²) < 4.78 is 42.2. The number of aromatic nitrogens is 1. The van der Waals surface area contributed by atoms with Crippen molar-refractivity contribution in [1.82, 2.24) is 9.47 Å². The van der Waals surface area contributed by atoms with E-state index in [1.807, 2.05) is 47.0 Å². The third-order valence-electron chi connectivity index (χ3n) is 6.43. The third-order valence-corrected chi connectivity index (χ3v) is 6.43. The molecule has 164 valence electrons. The first kappa shape index (κ1) is 21.5. The first-order chi connectivity index (χ1) is 14.7. The minimum Gasteiger partial charge on any atom is -0.350 e. The van der Waals surface area contributed by atoms with E-state index in [4.69, 9.17) is 0 Å². The average molecular weight is 428 g/mol. The maximum atomic E-state index is 13.4. The van der Waals surface area contributed by atoms with Crippen LogP contribution in [-0.2, 0) is 18.0 Å². The Kier molecular flexibility index (Phi) is 5.82. The maximum Gasteiger partial charge on any atom is 0.416 e. The number of amides is 1. The fraction of sp³-hybridized carbons (Fsp3) is 0.400. The van der Waals surface area contributed by atoms with Crippen molar-refractivity contribution in [2.75, 3.05) is 13.1 Å². The molecule has 1 amide bonds. The van der Waals surface area contributed by atoms with Crippen molar-refractivity contribution in [3.05, 3.63) is 71.4 Å². The number of piperidine rings is 1. The molecule has 3 nitrogen and oxygen atoms in total. The summed E-state index contributed by atoms with van der Waals surface area (Å²) in [6.45, 7) is 3.61. The number of benzene rings is 2. The second kappa shape index (κ2) is 8.40. The molecule has 0 bridgehead atoms. The van der Waals surface area contributed by atoms with Gasteiger partial charge in [0.1, 0.15) is 0 Å². The van der Waals surface area contributed by atoms with Crippen LogP contribution in [0.1, 0.15) is 48.8 Å². The quantitative estimate of drug-likeness (QED) is 0.502. The zero-order valence-corrected chi connectivity index (χ0v) is 17.8. The Bertz CT molecular complexity index is 1080. The molecule has 31 heavy (non-hydrogen) atoms. The third kappa shape index (κ3) is 4.48. The van der Waals surface area contributed by atoms with Crippen LogP contribution in [0.3, 0.4) is 0 Å². The lowest BCUT2D eigenvalue weighted by molar-refractivity contribution is -0.137.